The molecule has 0 bridgehead atoms. The van der Waals surface area contributed by atoms with E-state index >= 15 is 0 Å². The lowest BCUT2D eigenvalue weighted by Gasteiger charge is -2.39. The van der Waals surface area contributed by atoms with Crippen LogP contribution in [0.1, 0.15) is 50.7 Å². The SMILES string of the molecule is Cc1ccc(CC2(O)CCCC(C(C)C)C2)c(Cl)c1. The molecule has 1 saturated carbocycles. The molecule has 0 amide bonds. The minimum atomic E-state index is -0.563. The highest BCUT2D eigenvalue weighted by atomic mass is 35.5. The molecule has 1 aliphatic carbocycles. The van der Waals surface area contributed by atoms with E-state index in [1.165, 1.54) is 12.0 Å². The minimum absolute atomic E-state index is 0.563. The fourth-order valence-electron chi connectivity index (χ4n) is 3.27. The standard InChI is InChI=1S/C17H25ClO/c1-12(2)14-5-4-8-17(19,10-14)11-15-7-6-13(3)9-16(15)18/h6-7,9,12,14,19H,4-5,8,10-11H2,1-3H3. The molecule has 0 radical (unpaired) electrons. The third kappa shape index (κ3) is 3.73. The van der Waals surface area contributed by atoms with Crippen LogP contribution in [0.15, 0.2) is 18.2 Å². The Morgan fingerprint density at radius 1 is 1.42 bits per heavy atom. The topological polar surface area (TPSA) is 20.2 Å². The van der Waals surface area contributed by atoms with Gasteiger partial charge in [-0.1, -0.05) is 44.0 Å². The van der Waals surface area contributed by atoms with Gasteiger partial charge in [0.05, 0.1) is 5.60 Å². The van der Waals surface area contributed by atoms with Crippen molar-refractivity contribution in [1.82, 2.24) is 0 Å². The summed E-state index contributed by atoms with van der Waals surface area (Å²) in [4.78, 5) is 0. The van der Waals surface area contributed by atoms with E-state index in [0.29, 0.717) is 18.3 Å². The monoisotopic (exact) mass is 280 g/mol. The van der Waals surface area contributed by atoms with E-state index in [9.17, 15) is 5.11 Å². The fourth-order valence-corrected chi connectivity index (χ4v) is 3.57. The zero-order valence-corrected chi connectivity index (χ0v) is 13.0. The number of rotatable bonds is 3. The molecule has 1 aliphatic rings. The molecule has 2 rings (SSSR count). The molecule has 1 nitrogen and oxygen atoms in total. The third-order valence-corrected chi connectivity index (χ3v) is 4.88. The molecule has 1 fully saturated rings. The Morgan fingerprint density at radius 2 is 2.16 bits per heavy atom. The second-order valence-corrected chi connectivity index (χ2v) is 7.00. The maximum atomic E-state index is 10.9. The lowest BCUT2D eigenvalue weighted by molar-refractivity contribution is -0.0239. The Hall–Kier alpha value is -0.530. The summed E-state index contributed by atoms with van der Waals surface area (Å²) in [6.07, 6.45) is 4.88. The molecule has 1 aromatic carbocycles. The summed E-state index contributed by atoms with van der Waals surface area (Å²) in [7, 11) is 0. The Kier molecular flexibility index (Phi) is 4.58. The lowest BCUT2D eigenvalue weighted by Crippen LogP contribution is -2.38. The van der Waals surface area contributed by atoms with Gasteiger partial charge in [-0.05, 0) is 55.2 Å². The molecular weight excluding hydrogens is 256 g/mol. The normalized spacial score (nSPS) is 27.8. The van der Waals surface area contributed by atoms with Gasteiger partial charge in [-0.15, -0.1) is 0 Å². The molecule has 2 unspecified atom stereocenters. The lowest BCUT2D eigenvalue weighted by atomic mass is 9.71. The number of hydrogen-bond donors (Lipinski definition) is 1. The first-order chi connectivity index (χ1) is 8.89. The Bertz CT molecular complexity index is 441. The zero-order chi connectivity index (χ0) is 14.0. The van der Waals surface area contributed by atoms with Crippen molar-refractivity contribution in [3.8, 4) is 0 Å². The molecule has 106 valence electrons. The summed E-state index contributed by atoms with van der Waals surface area (Å²) >= 11 is 6.30. The van der Waals surface area contributed by atoms with E-state index in [-0.39, 0.29) is 0 Å². The van der Waals surface area contributed by atoms with Gasteiger partial charge < -0.3 is 5.11 Å². The predicted molar refractivity (Wildman–Crippen MR) is 81.6 cm³/mol. The van der Waals surface area contributed by atoms with Gasteiger partial charge in [-0.25, -0.2) is 0 Å². The minimum Gasteiger partial charge on any atom is -0.390 e. The van der Waals surface area contributed by atoms with E-state index < -0.39 is 5.60 Å². The van der Waals surface area contributed by atoms with Gasteiger partial charge in [0.15, 0.2) is 0 Å². The van der Waals surface area contributed by atoms with Gasteiger partial charge in [-0.2, -0.15) is 0 Å². The second-order valence-electron chi connectivity index (χ2n) is 6.60. The third-order valence-electron chi connectivity index (χ3n) is 4.53. The average Bonchev–Trinajstić information content (AvgIpc) is 2.33. The van der Waals surface area contributed by atoms with Gasteiger partial charge in [0.25, 0.3) is 0 Å². The van der Waals surface area contributed by atoms with Crippen molar-refractivity contribution in [2.24, 2.45) is 11.8 Å². The first-order valence-corrected chi connectivity index (χ1v) is 7.75. The van der Waals surface area contributed by atoms with Crippen LogP contribution in [-0.4, -0.2) is 10.7 Å². The fraction of sp³-hybridized carbons (Fsp3) is 0.647. The summed E-state index contributed by atoms with van der Waals surface area (Å²) in [5, 5.41) is 11.7. The first kappa shape index (κ1) is 14.9. The number of hydrogen-bond acceptors (Lipinski definition) is 1. The molecule has 0 saturated heterocycles. The van der Waals surface area contributed by atoms with Crippen LogP contribution >= 0.6 is 11.6 Å². The number of benzene rings is 1. The van der Waals surface area contributed by atoms with E-state index in [4.69, 9.17) is 11.6 Å². The predicted octanol–water partition coefficient (Wildman–Crippen LogP) is 4.77. The molecule has 2 heteroatoms. The molecule has 0 aliphatic heterocycles. The highest BCUT2D eigenvalue weighted by Crippen LogP contribution is 2.39. The molecule has 1 aromatic rings. The van der Waals surface area contributed by atoms with E-state index in [1.54, 1.807) is 0 Å². The quantitative estimate of drug-likeness (QED) is 0.846. The molecular formula is C17H25ClO. The van der Waals surface area contributed by atoms with Crippen molar-refractivity contribution >= 4 is 11.6 Å². The second kappa shape index (κ2) is 5.85. The van der Waals surface area contributed by atoms with Gasteiger partial charge in [0.1, 0.15) is 0 Å². The van der Waals surface area contributed by atoms with Crippen LogP contribution in [0.4, 0.5) is 0 Å². The number of aliphatic hydroxyl groups is 1. The van der Waals surface area contributed by atoms with Crippen molar-refractivity contribution in [2.75, 3.05) is 0 Å². The van der Waals surface area contributed by atoms with Gasteiger partial charge in [0, 0.05) is 11.4 Å². The molecule has 0 aromatic heterocycles. The summed E-state index contributed by atoms with van der Waals surface area (Å²) in [6.45, 7) is 6.56. The molecule has 0 spiro atoms. The van der Waals surface area contributed by atoms with Gasteiger partial charge in [0.2, 0.25) is 0 Å². The Labute approximate surface area is 122 Å². The largest absolute Gasteiger partial charge is 0.390 e. The first-order valence-electron chi connectivity index (χ1n) is 7.37. The van der Waals surface area contributed by atoms with Crippen LogP contribution in [0.5, 0.6) is 0 Å². The van der Waals surface area contributed by atoms with Crippen LogP contribution in [0.25, 0.3) is 0 Å². The van der Waals surface area contributed by atoms with E-state index in [0.717, 1.165) is 29.8 Å². The molecule has 2 atom stereocenters. The maximum absolute atomic E-state index is 10.9. The maximum Gasteiger partial charge on any atom is 0.0691 e. The molecule has 1 N–H and O–H groups in total. The summed E-state index contributed by atoms with van der Waals surface area (Å²) < 4.78 is 0. The molecule has 19 heavy (non-hydrogen) atoms. The van der Waals surface area contributed by atoms with Crippen LogP contribution in [-0.2, 0) is 6.42 Å². The zero-order valence-electron chi connectivity index (χ0n) is 12.2. The van der Waals surface area contributed by atoms with Crippen LogP contribution in [0.3, 0.4) is 0 Å². The summed E-state index contributed by atoms with van der Waals surface area (Å²) in [6, 6.07) is 6.13. The summed E-state index contributed by atoms with van der Waals surface area (Å²) in [5.41, 5.74) is 1.69. The number of halogens is 1. The van der Waals surface area contributed by atoms with Crippen LogP contribution in [0, 0.1) is 18.8 Å². The highest BCUT2D eigenvalue weighted by molar-refractivity contribution is 6.31. The van der Waals surface area contributed by atoms with E-state index in [2.05, 4.69) is 26.0 Å². The van der Waals surface area contributed by atoms with E-state index in [1.807, 2.05) is 13.0 Å². The van der Waals surface area contributed by atoms with Gasteiger partial charge >= 0.3 is 0 Å². The molecule has 0 heterocycles. The van der Waals surface area contributed by atoms with Crippen molar-refractivity contribution in [1.29, 1.82) is 0 Å². The average molecular weight is 281 g/mol. The van der Waals surface area contributed by atoms with Crippen LogP contribution in [0.2, 0.25) is 5.02 Å². The Morgan fingerprint density at radius 3 is 2.79 bits per heavy atom. The van der Waals surface area contributed by atoms with Crippen molar-refractivity contribution in [2.45, 2.75) is 58.5 Å². The smallest absolute Gasteiger partial charge is 0.0691 e. The number of aryl methyl sites for hydroxylation is 1. The van der Waals surface area contributed by atoms with Crippen molar-refractivity contribution < 1.29 is 5.11 Å². The Balaban J connectivity index is 2.12. The van der Waals surface area contributed by atoms with Crippen molar-refractivity contribution in [3.63, 3.8) is 0 Å². The van der Waals surface area contributed by atoms with Crippen molar-refractivity contribution in [3.05, 3.63) is 34.3 Å². The summed E-state index contributed by atoms with van der Waals surface area (Å²) in [5.74, 6) is 1.29. The van der Waals surface area contributed by atoms with Gasteiger partial charge in [-0.3, -0.25) is 0 Å². The van der Waals surface area contributed by atoms with Crippen LogP contribution < -0.4 is 0 Å². The highest BCUT2D eigenvalue weighted by Gasteiger charge is 2.35.